The van der Waals surface area contributed by atoms with Crippen LogP contribution in [0.1, 0.15) is 38.4 Å². The molecule has 2 fully saturated rings. The highest BCUT2D eigenvalue weighted by molar-refractivity contribution is 8.00. The number of carbonyl (C=O) groups excluding carboxylic acids is 2. The van der Waals surface area contributed by atoms with E-state index in [9.17, 15) is 24.6 Å². The number of fused-ring (bicyclic) bond motifs is 1. The van der Waals surface area contributed by atoms with Crippen LogP contribution in [0.3, 0.4) is 0 Å². The van der Waals surface area contributed by atoms with Crippen molar-refractivity contribution in [1.82, 2.24) is 19.6 Å². The third-order valence-corrected chi connectivity index (χ3v) is 7.50. The molecular weight excluding hydrogens is 460 g/mol. The van der Waals surface area contributed by atoms with Crippen molar-refractivity contribution in [3.05, 3.63) is 17.1 Å². The van der Waals surface area contributed by atoms with Crippen LogP contribution >= 0.6 is 23.3 Å². The van der Waals surface area contributed by atoms with Gasteiger partial charge in [0.2, 0.25) is 11.5 Å². The average molecular weight is 483 g/mol. The van der Waals surface area contributed by atoms with Crippen LogP contribution in [0.2, 0.25) is 0 Å². The van der Waals surface area contributed by atoms with E-state index < -0.39 is 41.4 Å². The van der Waals surface area contributed by atoms with E-state index in [1.54, 1.807) is 0 Å². The van der Waals surface area contributed by atoms with E-state index in [0.29, 0.717) is 0 Å². The Hall–Kier alpha value is -2.71. The molecule has 1 aromatic heterocycles. The number of β-lactam (4-membered cyclic amide) rings is 1. The zero-order chi connectivity index (χ0) is 23.0. The molecule has 2 atom stereocenters. The monoisotopic (exact) mass is 482 g/mol. The van der Waals surface area contributed by atoms with Crippen LogP contribution in [0.15, 0.2) is 16.4 Å². The fourth-order valence-electron chi connectivity index (χ4n) is 3.90. The number of carboxylic acids is 1. The Labute approximate surface area is 191 Å². The topological polar surface area (TPSA) is 180 Å². The second-order valence-electron chi connectivity index (χ2n) is 7.92. The molecule has 1 saturated carbocycles. The minimum absolute atomic E-state index is 0.0137. The highest BCUT2D eigenvalue weighted by Crippen LogP contribution is 2.40. The Balaban J connectivity index is 1.54. The molecule has 2 aliphatic heterocycles. The van der Waals surface area contributed by atoms with Gasteiger partial charge in [-0.2, -0.15) is 9.36 Å². The number of thioether (sulfide) groups is 1. The lowest BCUT2D eigenvalue weighted by Crippen LogP contribution is -2.71. The molecule has 4 rings (SSSR count). The molecule has 1 aliphatic carbocycles. The number of amides is 2. The smallest absolute Gasteiger partial charge is 0.352 e. The van der Waals surface area contributed by atoms with Gasteiger partial charge in [-0.3, -0.25) is 14.5 Å². The van der Waals surface area contributed by atoms with E-state index in [0.717, 1.165) is 42.1 Å². The molecule has 3 heterocycles. The van der Waals surface area contributed by atoms with Crippen LogP contribution in [0.25, 0.3) is 0 Å². The summed E-state index contributed by atoms with van der Waals surface area (Å²) in [5.74, 6) is -2.41. The molecule has 12 nitrogen and oxygen atoms in total. The van der Waals surface area contributed by atoms with Gasteiger partial charge in [-0.25, -0.2) is 4.79 Å². The van der Waals surface area contributed by atoms with E-state index in [2.05, 4.69) is 19.8 Å². The Morgan fingerprint density at radius 1 is 1.41 bits per heavy atom. The summed E-state index contributed by atoms with van der Waals surface area (Å²) in [6.45, 7) is 1.44. The van der Waals surface area contributed by atoms with Gasteiger partial charge < -0.3 is 26.1 Å². The fraction of sp³-hybridized carbons (Fsp3) is 0.556. The number of hydrogen-bond donors (Lipinski definition) is 4. The number of rotatable bonds is 7. The van der Waals surface area contributed by atoms with Gasteiger partial charge in [0.1, 0.15) is 22.7 Å². The summed E-state index contributed by atoms with van der Waals surface area (Å²) in [5, 5.41) is 25.0. The first-order chi connectivity index (χ1) is 15.2. The number of aromatic nitrogens is 2. The normalized spacial score (nSPS) is 24.8. The van der Waals surface area contributed by atoms with Gasteiger partial charge in [-0.15, -0.1) is 11.8 Å². The van der Waals surface area contributed by atoms with Crippen LogP contribution in [-0.2, 0) is 19.2 Å². The Bertz CT molecular complexity index is 1020. The van der Waals surface area contributed by atoms with Crippen molar-refractivity contribution in [2.75, 3.05) is 18.1 Å². The van der Waals surface area contributed by atoms with Crippen LogP contribution in [0, 0.1) is 0 Å². The van der Waals surface area contributed by atoms with Gasteiger partial charge in [0, 0.05) is 17.3 Å². The minimum Gasteiger partial charge on any atom is -0.477 e. The number of aliphatic hydroxyl groups is 1. The van der Waals surface area contributed by atoms with Gasteiger partial charge in [0.25, 0.3) is 11.8 Å². The molecule has 172 valence electrons. The number of carboxylic acid groups (broad SMARTS) is 1. The van der Waals surface area contributed by atoms with Gasteiger partial charge in [-0.1, -0.05) is 5.16 Å². The molecule has 0 radical (unpaired) electrons. The molecule has 2 amide bonds. The lowest BCUT2D eigenvalue weighted by atomic mass is 10.0. The van der Waals surface area contributed by atoms with E-state index in [4.69, 9.17) is 10.6 Å². The Kier molecular flexibility index (Phi) is 6.09. The third kappa shape index (κ3) is 4.04. The van der Waals surface area contributed by atoms with Crippen molar-refractivity contribution in [3.63, 3.8) is 0 Å². The van der Waals surface area contributed by atoms with Crippen LogP contribution in [0.5, 0.6) is 0 Å². The number of nitrogens with one attached hydrogen (secondary N) is 1. The van der Waals surface area contributed by atoms with Crippen molar-refractivity contribution in [1.29, 1.82) is 0 Å². The summed E-state index contributed by atoms with van der Waals surface area (Å²) in [4.78, 5) is 48.1. The largest absolute Gasteiger partial charge is 0.477 e. The number of nitrogens with two attached hydrogens (primary N) is 1. The first-order valence-corrected chi connectivity index (χ1v) is 11.7. The number of nitrogens with zero attached hydrogens (tertiary/aromatic N) is 4. The predicted octanol–water partition coefficient (Wildman–Crippen LogP) is -0.0954. The van der Waals surface area contributed by atoms with Crippen LogP contribution in [-0.4, -0.2) is 77.3 Å². The van der Waals surface area contributed by atoms with Crippen molar-refractivity contribution in [3.8, 4) is 0 Å². The van der Waals surface area contributed by atoms with Crippen LogP contribution in [0.4, 0.5) is 5.13 Å². The Morgan fingerprint density at radius 3 is 2.72 bits per heavy atom. The summed E-state index contributed by atoms with van der Waals surface area (Å²) < 4.78 is 4.03. The molecule has 1 aromatic rings. The maximum Gasteiger partial charge on any atom is 0.352 e. The van der Waals surface area contributed by atoms with E-state index in [1.165, 1.54) is 11.8 Å². The lowest BCUT2D eigenvalue weighted by Gasteiger charge is -2.49. The molecule has 3 aliphatic rings. The summed E-state index contributed by atoms with van der Waals surface area (Å²) in [5.41, 5.74) is 4.95. The second kappa shape index (κ2) is 8.67. The van der Waals surface area contributed by atoms with E-state index in [-0.39, 0.29) is 33.7 Å². The SMILES string of the molecule is CC1(O/N=C(\C(=O)N[C@@H]2C(=O)N3C(C(=O)O)=C(CO)CS[C@H]23)c2nsc(N)n2)CCCC1. The second-order valence-corrected chi connectivity index (χ2v) is 9.81. The molecule has 0 unspecified atom stereocenters. The standard InChI is InChI=1S/C18H22N6O6S2/c1-18(4-2-3-5-18)30-22-9(12-21-17(19)32-23-12)13(26)20-10-14(27)24-11(16(28)29)8(6-25)7-31-15(10)24/h10,15,25H,2-7H2,1H3,(H,20,26)(H,28,29)(H2,19,21,23)/b22-9-/t10-,15-/m1/s1. The maximum atomic E-state index is 13.0. The number of aliphatic carboxylic acids is 1. The van der Waals surface area contributed by atoms with Gasteiger partial charge in [0.05, 0.1) is 6.61 Å². The van der Waals surface area contributed by atoms with Gasteiger partial charge in [0.15, 0.2) is 5.13 Å². The minimum atomic E-state index is -1.31. The van der Waals surface area contributed by atoms with Gasteiger partial charge >= 0.3 is 5.97 Å². The molecule has 5 N–H and O–H groups in total. The van der Waals surface area contributed by atoms with Crippen LogP contribution < -0.4 is 11.1 Å². The highest BCUT2D eigenvalue weighted by atomic mass is 32.2. The third-order valence-electron chi connectivity index (χ3n) is 5.61. The first kappa shape index (κ1) is 22.5. The molecule has 0 spiro atoms. The zero-order valence-corrected chi connectivity index (χ0v) is 18.7. The summed E-state index contributed by atoms with van der Waals surface area (Å²) in [6, 6.07) is -0.967. The van der Waals surface area contributed by atoms with Crippen molar-refractivity contribution >= 4 is 51.9 Å². The number of nitrogen functional groups attached to an aromatic ring is 1. The van der Waals surface area contributed by atoms with Crippen molar-refractivity contribution in [2.24, 2.45) is 5.16 Å². The molecule has 0 aromatic carbocycles. The molecule has 0 bridgehead atoms. The fourth-order valence-corrected chi connectivity index (χ4v) is 5.67. The zero-order valence-electron chi connectivity index (χ0n) is 17.1. The molecule has 1 saturated heterocycles. The van der Waals surface area contributed by atoms with Crippen molar-refractivity contribution in [2.45, 2.75) is 49.6 Å². The number of aliphatic hydroxyl groups excluding tert-OH is 1. The highest BCUT2D eigenvalue weighted by Gasteiger charge is 2.54. The summed E-state index contributed by atoms with van der Waals surface area (Å²) >= 11 is 2.15. The van der Waals surface area contributed by atoms with Crippen molar-refractivity contribution < 1.29 is 29.4 Å². The number of oxime groups is 1. The maximum absolute atomic E-state index is 13.0. The number of anilines is 1. The summed E-state index contributed by atoms with van der Waals surface area (Å²) in [7, 11) is 0. The number of carbonyl (C=O) groups is 3. The first-order valence-electron chi connectivity index (χ1n) is 9.91. The summed E-state index contributed by atoms with van der Waals surface area (Å²) in [6.07, 6.45) is 3.58. The molecule has 14 heteroatoms. The Morgan fingerprint density at radius 2 is 2.12 bits per heavy atom. The van der Waals surface area contributed by atoms with Gasteiger partial charge in [-0.05, 0) is 38.2 Å². The quantitative estimate of drug-likeness (QED) is 0.233. The average Bonchev–Trinajstić information content (AvgIpc) is 3.39. The number of hydrogen-bond acceptors (Lipinski definition) is 11. The predicted molar refractivity (Wildman–Crippen MR) is 116 cm³/mol. The molecule has 32 heavy (non-hydrogen) atoms. The lowest BCUT2D eigenvalue weighted by molar-refractivity contribution is -0.150. The van der Waals surface area contributed by atoms with E-state index in [1.807, 2.05) is 6.92 Å². The molecular formula is C18H22N6O6S2. The van der Waals surface area contributed by atoms with E-state index >= 15 is 0 Å².